The third-order valence-electron chi connectivity index (χ3n) is 2.82. The molecule has 1 aromatic rings. The van der Waals surface area contributed by atoms with Crippen molar-refractivity contribution in [2.24, 2.45) is 0 Å². The van der Waals surface area contributed by atoms with Crippen LogP contribution in [-0.4, -0.2) is 25.1 Å². The summed E-state index contributed by atoms with van der Waals surface area (Å²) in [6.45, 7) is 1.34. The molecule has 0 aromatic heterocycles. The van der Waals surface area contributed by atoms with E-state index in [9.17, 15) is 4.79 Å². The molecule has 1 atom stereocenters. The van der Waals surface area contributed by atoms with E-state index in [4.69, 9.17) is 10.00 Å². The molecule has 0 aliphatic carbocycles. The van der Waals surface area contributed by atoms with Gasteiger partial charge < -0.3 is 15.4 Å². The first-order chi connectivity index (χ1) is 8.79. The minimum atomic E-state index is 0.0421. The molecule has 5 heteroatoms. The fraction of sp³-hybridized carbons (Fsp3) is 0.385. The van der Waals surface area contributed by atoms with E-state index in [1.165, 1.54) is 0 Å². The van der Waals surface area contributed by atoms with Gasteiger partial charge in [-0.3, -0.25) is 4.79 Å². The van der Waals surface area contributed by atoms with Crippen molar-refractivity contribution in [2.75, 3.05) is 13.2 Å². The molecule has 1 heterocycles. The average Bonchev–Trinajstić information content (AvgIpc) is 2.81. The van der Waals surface area contributed by atoms with Gasteiger partial charge in [-0.05, 0) is 6.07 Å². The van der Waals surface area contributed by atoms with Crippen LogP contribution >= 0.6 is 0 Å². The fourth-order valence-corrected chi connectivity index (χ4v) is 1.90. The Morgan fingerprint density at radius 1 is 1.50 bits per heavy atom. The topological polar surface area (TPSA) is 74.2 Å². The van der Waals surface area contributed by atoms with Gasteiger partial charge in [-0.1, -0.05) is 18.2 Å². The molecule has 0 saturated carbocycles. The van der Waals surface area contributed by atoms with Gasteiger partial charge in [-0.2, -0.15) is 5.26 Å². The van der Waals surface area contributed by atoms with Crippen LogP contribution in [0.5, 0.6) is 5.75 Å². The molecular weight excluding hydrogens is 230 g/mol. The predicted molar refractivity (Wildman–Crippen MR) is 65.8 cm³/mol. The van der Waals surface area contributed by atoms with E-state index in [0.29, 0.717) is 25.3 Å². The molecule has 5 nitrogen and oxygen atoms in total. The summed E-state index contributed by atoms with van der Waals surface area (Å²) in [5, 5.41) is 14.6. The maximum absolute atomic E-state index is 11.1. The lowest BCUT2D eigenvalue weighted by Crippen LogP contribution is -2.30. The monoisotopic (exact) mass is 245 g/mol. The van der Waals surface area contributed by atoms with Gasteiger partial charge in [0.25, 0.3) is 0 Å². The van der Waals surface area contributed by atoms with E-state index in [2.05, 4.69) is 10.6 Å². The van der Waals surface area contributed by atoms with Gasteiger partial charge in [-0.25, -0.2) is 0 Å². The lowest BCUT2D eigenvalue weighted by atomic mass is 10.1. The minimum absolute atomic E-state index is 0.0421. The van der Waals surface area contributed by atoms with Crippen LogP contribution in [0.4, 0.5) is 0 Å². The van der Waals surface area contributed by atoms with Gasteiger partial charge in [0, 0.05) is 31.1 Å². The number of carbonyl (C=O) groups excluding carboxylic acids is 1. The molecule has 1 fully saturated rings. The van der Waals surface area contributed by atoms with E-state index in [0.717, 1.165) is 5.56 Å². The number of ether oxygens (including phenoxy) is 1. The summed E-state index contributed by atoms with van der Waals surface area (Å²) in [5.41, 5.74) is 0.993. The summed E-state index contributed by atoms with van der Waals surface area (Å²) in [6, 6.07) is 9.70. The Kier molecular flexibility index (Phi) is 4.15. The van der Waals surface area contributed by atoms with Crippen LogP contribution < -0.4 is 15.4 Å². The van der Waals surface area contributed by atoms with Crippen LogP contribution in [0.25, 0.3) is 0 Å². The lowest BCUT2D eigenvalue weighted by Gasteiger charge is -2.13. The summed E-state index contributed by atoms with van der Waals surface area (Å²) >= 11 is 0. The first kappa shape index (κ1) is 12.4. The molecule has 0 bridgehead atoms. The van der Waals surface area contributed by atoms with Crippen LogP contribution in [-0.2, 0) is 11.3 Å². The highest BCUT2D eigenvalue weighted by molar-refractivity contribution is 5.78. The second-order valence-corrected chi connectivity index (χ2v) is 4.14. The molecule has 1 aliphatic rings. The van der Waals surface area contributed by atoms with E-state index in [1.807, 2.05) is 30.3 Å². The second kappa shape index (κ2) is 6.03. The van der Waals surface area contributed by atoms with Crippen molar-refractivity contribution in [1.29, 1.82) is 5.26 Å². The third kappa shape index (κ3) is 3.22. The minimum Gasteiger partial charge on any atom is -0.478 e. The SMILES string of the molecule is N#CCOc1ccccc1CNC1CNC(=O)C1. The molecule has 1 saturated heterocycles. The van der Waals surface area contributed by atoms with Crippen molar-refractivity contribution in [3.8, 4) is 11.8 Å². The molecule has 1 amide bonds. The number of benzene rings is 1. The summed E-state index contributed by atoms with van der Waals surface area (Å²) in [7, 11) is 0. The lowest BCUT2D eigenvalue weighted by molar-refractivity contribution is -0.119. The molecular formula is C13H15N3O2. The van der Waals surface area contributed by atoms with E-state index < -0.39 is 0 Å². The second-order valence-electron chi connectivity index (χ2n) is 4.14. The largest absolute Gasteiger partial charge is 0.478 e. The first-order valence-corrected chi connectivity index (χ1v) is 5.87. The number of hydrogen-bond acceptors (Lipinski definition) is 4. The van der Waals surface area contributed by atoms with E-state index >= 15 is 0 Å². The summed E-state index contributed by atoms with van der Waals surface area (Å²) in [5.74, 6) is 0.797. The Morgan fingerprint density at radius 3 is 3.06 bits per heavy atom. The smallest absolute Gasteiger partial charge is 0.221 e. The Morgan fingerprint density at radius 2 is 2.33 bits per heavy atom. The van der Waals surface area contributed by atoms with Crippen molar-refractivity contribution in [2.45, 2.75) is 19.0 Å². The maximum Gasteiger partial charge on any atom is 0.221 e. The highest BCUT2D eigenvalue weighted by Gasteiger charge is 2.20. The highest BCUT2D eigenvalue weighted by Crippen LogP contribution is 2.18. The van der Waals surface area contributed by atoms with Crippen LogP contribution in [0.15, 0.2) is 24.3 Å². The Hall–Kier alpha value is -2.06. The van der Waals surface area contributed by atoms with Gasteiger partial charge in [0.15, 0.2) is 6.61 Å². The normalized spacial score (nSPS) is 18.2. The fourth-order valence-electron chi connectivity index (χ4n) is 1.90. The quantitative estimate of drug-likeness (QED) is 0.795. The van der Waals surface area contributed by atoms with Gasteiger partial charge in [0.05, 0.1) is 0 Å². The van der Waals surface area contributed by atoms with Gasteiger partial charge >= 0.3 is 0 Å². The van der Waals surface area contributed by atoms with Gasteiger partial charge in [-0.15, -0.1) is 0 Å². The van der Waals surface area contributed by atoms with Crippen molar-refractivity contribution in [3.05, 3.63) is 29.8 Å². The number of hydrogen-bond donors (Lipinski definition) is 2. The predicted octanol–water partition coefficient (Wildman–Crippen LogP) is 0.567. The molecule has 2 rings (SSSR count). The molecule has 1 aromatic carbocycles. The zero-order valence-electron chi connectivity index (χ0n) is 9.98. The maximum atomic E-state index is 11.1. The van der Waals surface area contributed by atoms with Gasteiger partial charge in [0.1, 0.15) is 11.8 Å². The molecule has 1 aliphatic heterocycles. The molecule has 0 radical (unpaired) electrons. The molecule has 2 N–H and O–H groups in total. The number of nitrogens with zero attached hydrogens (tertiary/aromatic N) is 1. The van der Waals surface area contributed by atoms with Crippen molar-refractivity contribution >= 4 is 5.91 Å². The number of nitriles is 1. The van der Waals surface area contributed by atoms with Crippen molar-refractivity contribution in [1.82, 2.24) is 10.6 Å². The third-order valence-corrected chi connectivity index (χ3v) is 2.82. The molecule has 18 heavy (non-hydrogen) atoms. The number of carbonyl (C=O) groups is 1. The van der Waals surface area contributed by atoms with Gasteiger partial charge in [0.2, 0.25) is 5.91 Å². The zero-order valence-corrected chi connectivity index (χ0v) is 9.98. The molecule has 94 valence electrons. The number of nitrogens with one attached hydrogen (secondary N) is 2. The summed E-state index contributed by atoms with van der Waals surface area (Å²) in [6.07, 6.45) is 0.515. The first-order valence-electron chi connectivity index (χ1n) is 5.87. The van der Waals surface area contributed by atoms with Crippen LogP contribution in [0, 0.1) is 11.3 Å². The van der Waals surface area contributed by atoms with Crippen LogP contribution in [0.1, 0.15) is 12.0 Å². The van der Waals surface area contributed by atoms with Crippen molar-refractivity contribution in [3.63, 3.8) is 0 Å². The Balaban J connectivity index is 1.92. The Bertz CT molecular complexity index is 468. The standard InChI is InChI=1S/C13H15N3O2/c14-5-6-18-12-4-2-1-3-10(12)8-15-11-7-13(17)16-9-11/h1-4,11,15H,6-9H2,(H,16,17). The summed E-state index contributed by atoms with van der Waals surface area (Å²) in [4.78, 5) is 11.1. The number of para-hydroxylation sites is 1. The molecule has 0 spiro atoms. The van der Waals surface area contributed by atoms with Crippen LogP contribution in [0.2, 0.25) is 0 Å². The van der Waals surface area contributed by atoms with E-state index in [1.54, 1.807) is 0 Å². The molecule has 1 unspecified atom stereocenters. The highest BCUT2D eigenvalue weighted by atomic mass is 16.5. The summed E-state index contributed by atoms with van der Waals surface area (Å²) < 4.78 is 5.34. The average molecular weight is 245 g/mol. The van der Waals surface area contributed by atoms with Crippen molar-refractivity contribution < 1.29 is 9.53 Å². The number of amides is 1. The zero-order chi connectivity index (χ0) is 12.8. The van der Waals surface area contributed by atoms with E-state index in [-0.39, 0.29) is 18.6 Å². The Labute approximate surface area is 106 Å². The van der Waals surface area contributed by atoms with Crippen LogP contribution in [0.3, 0.4) is 0 Å². The number of rotatable bonds is 5.